The monoisotopic (exact) mass is 307 g/mol. The number of carbonyl (C=O) groups is 1. The summed E-state index contributed by atoms with van der Waals surface area (Å²) in [7, 11) is 0. The van der Waals surface area contributed by atoms with Gasteiger partial charge in [-0.2, -0.15) is 0 Å². The Hall–Kier alpha value is -2.82. The average Bonchev–Trinajstić information content (AvgIpc) is 3.25. The number of aryl methyl sites for hydroxylation is 2. The van der Waals surface area contributed by atoms with E-state index in [9.17, 15) is 4.79 Å². The lowest BCUT2D eigenvalue weighted by Crippen LogP contribution is -2.11. The molecule has 23 heavy (non-hydrogen) atoms. The molecule has 0 fully saturated rings. The molecule has 5 nitrogen and oxygen atoms in total. The van der Waals surface area contributed by atoms with Gasteiger partial charge in [0.15, 0.2) is 0 Å². The SMILES string of the molecule is O=C(Nc1ccccc1-c1cn2c(n1)CCCC2)c1ccoc1. The molecule has 1 aromatic carbocycles. The van der Waals surface area contributed by atoms with Crippen LogP contribution in [0.15, 0.2) is 53.5 Å². The molecule has 0 aliphatic carbocycles. The Morgan fingerprint density at radius 3 is 2.96 bits per heavy atom. The second kappa shape index (κ2) is 5.76. The number of hydrogen-bond donors (Lipinski definition) is 1. The molecule has 3 heterocycles. The lowest BCUT2D eigenvalue weighted by atomic mass is 10.1. The van der Waals surface area contributed by atoms with Gasteiger partial charge >= 0.3 is 0 Å². The van der Waals surface area contributed by atoms with Gasteiger partial charge in [0, 0.05) is 24.7 Å². The van der Waals surface area contributed by atoms with E-state index in [1.807, 2.05) is 24.3 Å². The van der Waals surface area contributed by atoms with Crippen molar-refractivity contribution >= 4 is 11.6 Å². The quantitative estimate of drug-likeness (QED) is 0.802. The molecule has 0 unspecified atom stereocenters. The van der Waals surface area contributed by atoms with Crippen molar-refractivity contribution in [2.24, 2.45) is 0 Å². The van der Waals surface area contributed by atoms with E-state index in [0.717, 1.165) is 35.7 Å². The third kappa shape index (κ3) is 2.65. The van der Waals surface area contributed by atoms with Crippen LogP contribution in [0.5, 0.6) is 0 Å². The zero-order valence-electron chi connectivity index (χ0n) is 12.7. The number of nitrogens with zero attached hydrogens (tertiary/aromatic N) is 2. The van der Waals surface area contributed by atoms with Crippen molar-refractivity contribution in [3.8, 4) is 11.3 Å². The van der Waals surface area contributed by atoms with E-state index in [-0.39, 0.29) is 5.91 Å². The van der Waals surface area contributed by atoms with Crippen molar-refractivity contribution in [2.75, 3.05) is 5.32 Å². The Kier molecular flexibility index (Phi) is 3.46. The van der Waals surface area contributed by atoms with E-state index >= 15 is 0 Å². The minimum absolute atomic E-state index is 0.185. The van der Waals surface area contributed by atoms with Gasteiger partial charge in [0.05, 0.1) is 23.2 Å². The maximum Gasteiger partial charge on any atom is 0.258 e. The highest BCUT2D eigenvalue weighted by molar-refractivity contribution is 6.05. The first-order valence-corrected chi connectivity index (χ1v) is 7.80. The second-order valence-corrected chi connectivity index (χ2v) is 5.70. The molecule has 0 saturated carbocycles. The molecule has 0 spiro atoms. The number of amides is 1. The molecule has 0 atom stereocenters. The Labute approximate surface area is 134 Å². The minimum Gasteiger partial charge on any atom is -0.472 e. The predicted octanol–water partition coefficient (Wildman–Crippen LogP) is 3.73. The highest BCUT2D eigenvalue weighted by atomic mass is 16.3. The Morgan fingerprint density at radius 2 is 2.13 bits per heavy atom. The lowest BCUT2D eigenvalue weighted by molar-refractivity contribution is 0.102. The molecule has 0 saturated heterocycles. The number of hydrogen-bond acceptors (Lipinski definition) is 3. The van der Waals surface area contributed by atoms with Gasteiger partial charge in [-0.1, -0.05) is 18.2 Å². The van der Waals surface area contributed by atoms with Gasteiger partial charge in [0.2, 0.25) is 0 Å². The summed E-state index contributed by atoms with van der Waals surface area (Å²) in [5.41, 5.74) is 3.11. The normalized spacial score (nSPS) is 13.6. The fraction of sp³-hybridized carbons (Fsp3) is 0.222. The summed E-state index contributed by atoms with van der Waals surface area (Å²) < 4.78 is 7.18. The molecule has 1 aliphatic heterocycles. The van der Waals surface area contributed by atoms with E-state index in [2.05, 4.69) is 16.1 Å². The van der Waals surface area contributed by atoms with Gasteiger partial charge in [0.25, 0.3) is 5.91 Å². The molecule has 1 aliphatic rings. The second-order valence-electron chi connectivity index (χ2n) is 5.70. The molecule has 0 radical (unpaired) electrons. The molecule has 1 N–H and O–H groups in total. The van der Waals surface area contributed by atoms with Crippen molar-refractivity contribution in [1.29, 1.82) is 0 Å². The molecule has 4 rings (SSSR count). The Morgan fingerprint density at radius 1 is 1.22 bits per heavy atom. The molecule has 0 bridgehead atoms. The highest BCUT2D eigenvalue weighted by Gasteiger charge is 2.16. The number of fused-ring (bicyclic) bond motifs is 1. The van der Waals surface area contributed by atoms with E-state index in [4.69, 9.17) is 9.40 Å². The van der Waals surface area contributed by atoms with Gasteiger partial charge in [-0.25, -0.2) is 4.98 Å². The van der Waals surface area contributed by atoms with Gasteiger partial charge in [0.1, 0.15) is 12.1 Å². The lowest BCUT2D eigenvalue weighted by Gasteiger charge is -2.11. The predicted molar refractivity (Wildman–Crippen MR) is 87.3 cm³/mol. The van der Waals surface area contributed by atoms with Crippen molar-refractivity contribution in [3.63, 3.8) is 0 Å². The first-order valence-electron chi connectivity index (χ1n) is 7.80. The fourth-order valence-corrected chi connectivity index (χ4v) is 2.95. The van der Waals surface area contributed by atoms with E-state index in [0.29, 0.717) is 5.56 Å². The number of imidazole rings is 1. The van der Waals surface area contributed by atoms with Gasteiger partial charge in [-0.3, -0.25) is 4.79 Å². The van der Waals surface area contributed by atoms with Crippen LogP contribution in [-0.4, -0.2) is 15.5 Å². The van der Waals surface area contributed by atoms with Gasteiger partial charge in [-0.15, -0.1) is 0 Å². The van der Waals surface area contributed by atoms with Crippen LogP contribution in [0, 0.1) is 0 Å². The van der Waals surface area contributed by atoms with Crippen LogP contribution < -0.4 is 5.32 Å². The summed E-state index contributed by atoms with van der Waals surface area (Å²) in [5, 5.41) is 2.94. The largest absolute Gasteiger partial charge is 0.472 e. The summed E-state index contributed by atoms with van der Waals surface area (Å²) in [6, 6.07) is 9.39. The van der Waals surface area contributed by atoms with Crippen LogP contribution in [0.25, 0.3) is 11.3 Å². The number of carbonyl (C=O) groups excluding carboxylic acids is 1. The zero-order chi connectivity index (χ0) is 15.6. The molecule has 3 aromatic rings. The van der Waals surface area contributed by atoms with Gasteiger partial charge in [-0.05, 0) is 25.0 Å². The first kappa shape index (κ1) is 13.8. The summed E-state index contributed by atoms with van der Waals surface area (Å²) in [4.78, 5) is 17.0. The molecule has 116 valence electrons. The van der Waals surface area contributed by atoms with E-state index < -0.39 is 0 Å². The number of aromatic nitrogens is 2. The number of benzene rings is 1. The van der Waals surface area contributed by atoms with Crippen molar-refractivity contribution in [3.05, 3.63) is 60.4 Å². The topological polar surface area (TPSA) is 60.1 Å². The summed E-state index contributed by atoms with van der Waals surface area (Å²) in [6.45, 7) is 1.02. The highest BCUT2D eigenvalue weighted by Crippen LogP contribution is 2.29. The number of anilines is 1. The summed E-state index contributed by atoms with van der Waals surface area (Å²) in [6.07, 6.45) is 8.41. The number of rotatable bonds is 3. The smallest absolute Gasteiger partial charge is 0.258 e. The molecular formula is C18H17N3O2. The van der Waals surface area contributed by atoms with E-state index in [1.165, 1.54) is 25.4 Å². The molecule has 1 amide bonds. The van der Waals surface area contributed by atoms with Crippen LogP contribution in [0.3, 0.4) is 0 Å². The first-order chi connectivity index (χ1) is 11.3. The average molecular weight is 307 g/mol. The third-order valence-electron chi connectivity index (χ3n) is 4.14. The third-order valence-corrected chi connectivity index (χ3v) is 4.14. The van der Waals surface area contributed by atoms with Crippen LogP contribution in [0.1, 0.15) is 29.0 Å². The molecular weight excluding hydrogens is 290 g/mol. The summed E-state index contributed by atoms with van der Waals surface area (Å²) >= 11 is 0. The fourth-order valence-electron chi connectivity index (χ4n) is 2.95. The maximum atomic E-state index is 12.3. The van der Waals surface area contributed by atoms with E-state index in [1.54, 1.807) is 6.07 Å². The van der Waals surface area contributed by atoms with Crippen LogP contribution >= 0.6 is 0 Å². The van der Waals surface area contributed by atoms with Crippen molar-refractivity contribution < 1.29 is 9.21 Å². The minimum atomic E-state index is -0.185. The van der Waals surface area contributed by atoms with Crippen LogP contribution in [-0.2, 0) is 13.0 Å². The number of furan rings is 1. The van der Waals surface area contributed by atoms with Crippen LogP contribution in [0.2, 0.25) is 0 Å². The Bertz CT molecular complexity index is 810. The van der Waals surface area contributed by atoms with Crippen molar-refractivity contribution in [1.82, 2.24) is 9.55 Å². The molecule has 2 aromatic heterocycles. The standard InChI is InChI=1S/C18H17N3O2/c22-18(13-8-10-23-12-13)20-15-6-2-1-5-14(15)16-11-21-9-4-3-7-17(21)19-16/h1-2,5-6,8,10-12H,3-4,7,9H2,(H,20,22). The maximum absolute atomic E-state index is 12.3. The Balaban J connectivity index is 1.67. The number of para-hydroxylation sites is 1. The summed E-state index contributed by atoms with van der Waals surface area (Å²) in [5.74, 6) is 0.942. The van der Waals surface area contributed by atoms with Crippen LogP contribution in [0.4, 0.5) is 5.69 Å². The zero-order valence-corrected chi connectivity index (χ0v) is 12.7. The number of nitrogens with one attached hydrogen (secondary N) is 1. The molecule has 5 heteroatoms. The van der Waals surface area contributed by atoms with Crippen molar-refractivity contribution in [2.45, 2.75) is 25.8 Å². The van der Waals surface area contributed by atoms with Gasteiger partial charge < -0.3 is 14.3 Å².